The Labute approximate surface area is 200 Å². The smallest absolute Gasteiger partial charge is 0.390 e. The second kappa shape index (κ2) is 9.32. The zero-order valence-electron chi connectivity index (χ0n) is 25.0. The van der Waals surface area contributed by atoms with E-state index in [1.54, 1.807) is 6.92 Å². The monoisotopic (exact) mass is 494 g/mol. The zero-order chi connectivity index (χ0) is 30.5. The van der Waals surface area contributed by atoms with Crippen molar-refractivity contribution >= 4 is 5.78 Å². The summed E-state index contributed by atoms with van der Waals surface area (Å²) >= 11 is 0. The molecule has 2 fully saturated rings. The van der Waals surface area contributed by atoms with Crippen LogP contribution in [0, 0.1) is 22.7 Å². The average molecular weight is 495 g/mol. The third-order valence-corrected chi connectivity index (χ3v) is 8.22. The summed E-state index contributed by atoms with van der Waals surface area (Å²) in [6.07, 6.45) is -12.8. The van der Waals surface area contributed by atoms with Gasteiger partial charge in [-0.25, -0.2) is 0 Å². The number of rotatable bonds is 9. The summed E-state index contributed by atoms with van der Waals surface area (Å²) in [6, 6.07) is 0. The highest BCUT2D eigenvalue weighted by Crippen LogP contribution is 2.62. The molecule has 3 nitrogen and oxygen atoms in total. The molecule has 0 aromatic carbocycles. The molecule has 2 unspecified atom stereocenters. The van der Waals surface area contributed by atoms with E-state index in [-0.39, 0.29) is 36.9 Å². The number of carbonyl (C=O) groups is 1. The lowest BCUT2D eigenvalue weighted by Gasteiger charge is -2.49. The molecule has 194 valence electrons. The van der Waals surface area contributed by atoms with Crippen molar-refractivity contribution in [2.24, 2.45) is 22.7 Å². The first-order chi connectivity index (χ1) is 17.3. The minimum atomic E-state index is -5.96. The van der Waals surface area contributed by atoms with E-state index in [4.69, 9.17) is 8.22 Å². The van der Waals surface area contributed by atoms with Crippen molar-refractivity contribution in [3.8, 4) is 0 Å². The Balaban J connectivity index is 2.37. The second-order valence-electron chi connectivity index (χ2n) is 10.6. The van der Waals surface area contributed by atoms with Gasteiger partial charge in [0.25, 0.3) is 5.60 Å². The highest BCUT2D eigenvalue weighted by Gasteiger charge is 2.69. The van der Waals surface area contributed by atoms with E-state index >= 15 is 0 Å². The van der Waals surface area contributed by atoms with Gasteiger partial charge in [-0.1, -0.05) is 20.3 Å². The Morgan fingerprint density at radius 2 is 1.52 bits per heavy atom. The van der Waals surface area contributed by atoms with Crippen LogP contribution in [-0.2, 0) is 4.79 Å². The average Bonchev–Trinajstić information content (AvgIpc) is 3.09. The number of alkyl halides is 6. The van der Waals surface area contributed by atoms with Crippen LogP contribution in [0.1, 0.15) is 106 Å². The first-order valence-corrected chi connectivity index (χ1v) is 11.4. The van der Waals surface area contributed by atoms with Gasteiger partial charge in [-0.05, 0) is 88.2 Å². The molecule has 9 heteroatoms. The van der Waals surface area contributed by atoms with Crippen LogP contribution in [0.2, 0.25) is 0 Å². The van der Waals surface area contributed by atoms with Crippen molar-refractivity contribution in [3.63, 3.8) is 0 Å². The molecule has 0 aromatic heterocycles. The van der Waals surface area contributed by atoms with Crippen LogP contribution in [0.15, 0.2) is 0 Å². The molecule has 2 N–H and O–H groups in total. The van der Waals surface area contributed by atoms with Gasteiger partial charge in [0.2, 0.25) is 0 Å². The maximum atomic E-state index is 13.3. The number of aliphatic hydroxyl groups is 2. The first-order valence-electron chi connectivity index (χ1n) is 14.4. The molecule has 2 aliphatic carbocycles. The van der Waals surface area contributed by atoms with Crippen LogP contribution in [0.3, 0.4) is 0 Å². The number of hydrogen-bond donors (Lipinski definition) is 2. The predicted molar refractivity (Wildman–Crippen MR) is 112 cm³/mol. The zero-order valence-corrected chi connectivity index (χ0v) is 19.0. The van der Waals surface area contributed by atoms with Gasteiger partial charge in [-0.15, -0.1) is 0 Å². The molecule has 0 spiro atoms. The van der Waals surface area contributed by atoms with Crippen molar-refractivity contribution < 1.29 is 49.6 Å². The molecule has 4 atom stereocenters. The Kier molecular flexibility index (Phi) is 5.75. The number of hydrogen-bond acceptors (Lipinski definition) is 3. The van der Waals surface area contributed by atoms with Gasteiger partial charge in [0, 0.05) is 20.6 Å². The lowest BCUT2D eigenvalue weighted by molar-refractivity contribution is -0.370. The third kappa shape index (κ3) is 5.88. The van der Waals surface area contributed by atoms with Crippen LogP contribution in [0.5, 0.6) is 0 Å². The molecule has 2 aliphatic rings. The summed E-state index contributed by atoms with van der Waals surface area (Å²) in [5.41, 5.74) is -9.58. The maximum Gasteiger partial charge on any atom is 0.426 e. The summed E-state index contributed by atoms with van der Waals surface area (Å²) in [4.78, 5) is 12.6. The van der Waals surface area contributed by atoms with Gasteiger partial charge in [0.05, 0.1) is 5.60 Å². The van der Waals surface area contributed by atoms with Gasteiger partial charge < -0.3 is 10.2 Å². The Morgan fingerprint density at radius 3 is 2.03 bits per heavy atom. The fourth-order valence-corrected chi connectivity index (χ4v) is 6.49. The topological polar surface area (TPSA) is 57.5 Å². The highest BCUT2D eigenvalue weighted by molar-refractivity contribution is 5.83. The summed E-state index contributed by atoms with van der Waals surface area (Å²) in [5, 5.41) is 20.3. The van der Waals surface area contributed by atoms with Crippen LogP contribution in [0.25, 0.3) is 0 Å². The normalized spacial score (nSPS) is 32.6. The van der Waals surface area contributed by atoms with E-state index in [1.807, 2.05) is 6.92 Å². The van der Waals surface area contributed by atoms with Crippen molar-refractivity contribution in [1.29, 1.82) is 0 Å². The molecule has 0 aliphatic heterocycles. The van der Waals surface area contributed by atoms with Crippen LogP contribution in [-0.4, -0.2) is 39.6 Å². The van der Waals surface area contributed by atoms with Crippen molar-refractivity contribution in [2.45, 2.75) is 122 Å². The molecular formula is C24H38F6O3. The van der Waals surface area contributed by atoms with Crippen molar-refractivity contribution in [2.75, 3.05) is 0 Å². The Bertz CT molecular complexity index is 814. The number of ketones is 1. The lowest BCUT2D eigenvalue weighted by atomic mass is 9.56. The summed E-state index contributed by atoms with van der Waals surface area (Å²) < 4.78 is 125. The van der Waals surface area contributed by atoms with Crippen LogP contribution >= 0.6 is 0 Å². The summed E-state index contributed by atoms with van der Waals surface area (Å²) in [7, 11) is 0. The molecule has 0 bridgehead atoms. The van der Waals surface area contributed by atoms with E-state index in [9.17, 15) is 41.4 Å². The first kappa shape index (κ1) is 20.4. The van der Waals surface area contributed by atoms with Gasteiger partial charge in [0.1, 0.15) is 5.78 Å². The molecule has 33 heavy (non-hydrogen) atoms. The molecular weight excluding hydrogens is 450 g/mol. The van der Waals surface area contributed by atoms with Crippen molar-refractivity contribution in [1.82, 2.24) is 0 Å². The summed E-state index contributed by atoms with van der Waals surface area (Å²) in [5.74, 6) is -0.603. The van der Waals surface area contributed by atoms with Gasteiger partial charge in [-0.2, -0.15) is 26.3 Å². The molecule has 0 amide bonds. The maximum absolute atomic E-state index is 13.3. The Hall–Kier alpha value is -0.830. The summed E-state index contributed by atoms with van der Waals surface area (Å²) in [6.45, 7) is -3.02. The van der Waals surface area contributed by atoms with E-state index in [0.717, 1.165) is 0 Å². The molecule has 2 saturated carbocycles. The number of carbonyl (C=O) groups excluding carboxylic acids is 1. The third-order valence-electron chi connectivity index (χ3n) is 8.22. The minimum Gasteiger partial charge on any atom is -0.390 e. The van der Waals surface area contributed by atoms with Crippen LogP contribution in [0.4, 0.5) is 26.3 Å². The lowest BCUT2D eigenvalue weighted by Crippen LogP contribution is -2.56. The quantitative estimate of drug-likeness (QED) is 0.349. The van der Waals surface area contributed by atoms with E-state index < -0.39 is 67.4 Å². The second-order valence-corrected chi connectivity index (χ2v) is 10.6. The molecule has 0 aromatic rings. The van der Waals surface area contributed by atoms with E-state index in [0.29, 0.717) is 32.1 Å². The molecule has 2 rings (SSSR count). The SMILES string of the molecule is [2H]C([2H])([2H])C(O)(CCCC(C)(CCCC(O)(C(F)(F)F)C(F)(F)F)[C@H]1CCC2C(=O)CCC[C@@]21C)C([2H])([2H])[2H]. The molecule has 0 radical (unpaired) electrons. The minimum absolute atomic E-state index is 0.000891. The van der Waals surface area contributed by atoms with Gasteiger partial charge in [0.15, 0.2) is 0 Å². The van der Waals surface area contributed by atoms with E-state index in [2.05, 4.69) is 0 Å². The fraction of sp³-hybridized carbons (Fsp3) is 0.958. The largest absolute Gasteiger partial charge is 0.426 e. The van der Waals surface area contributed by atoms with E-state index in [1.165, 1.54) is 0 Å². The standard InChI is InChI=1S/C24H38F6O3/c1-19(2,32)11-6-12-20(3,13-7-15-22(33,23(25,26)27)24(28,29)30)18-10-9-16-17(31)8-5-14-21(16,18)4/h16,18,32-33H,5-15H2,1-4H3/t16?,18-,20?,21+/m1/s1/i1D3,2D3. The van der Waals surface area contributed by atoms with Gasteiger partial charge in [-0.3, -0.25) is 4.79 Å². The Morgan fingerprint density at radius 1 is 0.970 bits per heavy atom. The molecule has 0 heterocycles. The fourth-order valence-electron chi connectivity index (χ4n) is 6.49. The van der Waals surface area contributed by atoms with Crippen LogP contribution < -0.4 is 0 Å². The number of fused-ring (bicyclic) bond motifs is 1. The number of Topliss-reactive ketones (excluding diaryl/α,β-unsaturated/α-hetero) is 1. The van der Waals surface area contributed by atoms with Gasteiger partial charge >= 0.3 is 12.4 Å². The highest BCUT2D eigenvalue weighted by atomic mass is 19.4. The van der Waals surface area contributed by atoms with Crippen molar-refractivity contribution in [3.05, 3.63) is 0 Å². The number of halogens is 6. The predicted octanol–water partition coefficient (Wildman–Crippen LogP) is 6.75. The molecule has 0 saturated heterocycles.